The third kappa shape index (κ3) is 0.701. The highest BCUT2D eigenvalue weighted by atomic mass is 16.4. The lowest BCUT2D eigenvalue weighted by molar-refractivity contribution is 0.193. The molecule has 1 saturated carbocycles. The molecule has 0 spiro atoms. The molecule has 0 aromatic rings. The smallest absolute Gasteiger partial charge is 0.404 e. The molecule has 10 heavy (non-hydrogen) atoms. The van der Waals surface area contributed by atoms with E-state index in [1.165, 1.54) is 0 Å². The maximum absolute atomic E-state index is 10.1. The number of rotatable bonds is 1. The Morgan fingerprint density at radius 1 is 1.70 bits per heavy atom. The van der Waals surface area contributed by atoms with E-state index in [1.54, 1.807) is 0 Å². The van der Waals surface area contributed by atoms with Gasteiger partial charge in [0.15, 0.2) is 0 Å². The monoisotopic (exact) mass is 139 g/mol. The molecule has 3 unspecified atom stereocenters. The van der Waals surface area contributed by atoms with Crippen LogP contribution in [0.4, 0.5) is 4.79 Å². The molecule has 0 heterocycles. The summed E-state index contributed by atoms with van der Waals surface area (Å²) in [6.07, 6.45) is 4.38. The van der Waals surface area contributed by atoms with Crippen molar-refractivity contribution in [1.29, 1.82) is 0 Å². The van der Waals surface area contributed by atoms with Gasteiger partial charge in [0, 0.05) is 12.0 Å². The molecule has 2 rings (SSSR count). The van der Waals surface area contributed by atoms with Gasteiger partial charge in [-0.15, -0.1) is 0 Å². The Kier molecular flexibility index (Phi) is 1.01. The summed E-state index contributed by atoms with van der Waals surface area (Å²) in [4.78, 5) is 10.1. The van der Waals surface area contributed by atoms with E-state index in [1.807, 2.05) is 0 Å². The summed E-state index contributed by atoms with van der Waals surface area (Å²) in [5, 5.41) is 10.8. The van der Waals surface area contributed by atoms with Crippen LogP contribution in [0.15, 0.2) is 12.2 Å². The van der Waals surface area contributed by atoms with E-state index in [-0.39, 0.29) is 6.04 Å². The van der Waals surface area contributed by atoms with Crippen LogP contribution in [0.2, 0.25) is 0 Å². The van der Waals surface area contributed by atoms with Gasteiger partial charge in [0.05, 0.1) is 0 Å². The minimum atomic E-state index is -0.896. The first-order chi connectivity index (χ1) is 4.79. The maximum atomic E-state index is 10.1. The van der Waals surface area contributed by atoms with Crippen molar-refractivity contribution in [1.82, 2.24) is 5.32 Å². The maximum Gasteiger partial charge on any atom is 0.404 e. The largest absolute Gasteiger partial charge is 0.465 e. The van der Waals surface area contributed by atoms with Crippen LogP contribution in [0, 0.1) is 11.8 Å². The van der Waals surface area contributed by atoms with Crippen molar-refractivity contribution in [3.8, 4) is 0 Å². The second-order valence-corrected chi connectivity index (χ2v) is 2.88. The molecule has 3 nitrogen and oxygen atoms in total. The molecule has 3 heteroatoms. The summed E-state index contributed by atoms with van der Waals surface area (Å²) in [7, 11) is 0. The van der Waals surface area contributed by atoms with E-state index in [9.17, 15) is 4.79 Å². The van der Waals surface area contributed by atoms with Crippen molar-refractivity contribution in [2.75, 3.05) is 0 Å². The van der Waals surface area contributed by atoms with Crippen LogP contribution in [0.3, 0.4) is 0 Å². The lowest BCUT2D eigenvalue weighted by atomic mass is 10.3. The summed E-state index contributed by atoms with van der Waals surface area (Å²) >= 11 is 0. The van der Waals surface area contributed by atoms with Crippen LogP contribution in [-0.4, -0.2) is 17.2 Å². The third-order valence-corrected chi connectivity index (χ3v) is 2.29. The van der Waals surface area contributed by atoms with Crippen molar-refractivity contribution >= 4 is 6.09 Å². The van der Waals surface area contributed by atoms with Crippen LogP contribution in [0.5, 0.6) is 0 Å². The molecule has 2 aliphatic rings. The zero-order valence-electron chi connectivity index (χ0n) is 5.45. The van der Waals surface area contributed by atoms with Gasteiger partial charge in [-0.2, -0.15) is 0 Å². The fraction of sp³-hybridized carbons (Fsp3) is 0.571. The molecule has 3 atom stereocenters. The van der Waals surface area contributed by atoms with Gasteiger partial charge in [-0.1, -0.05) is 12.2 Å². The number of hydrogen-bond donors (Lipinski definition) is 2. The second kappa shape index (κ2) is 1.75. The standard InChI is InChI=1S/C7H9NO2/c9-7(10)8-6-4-2-1-3-5(4)6/h1-2,4-6,8H,3H2,(H,9,10). The molecule has 0 aromatic carbocycles. The zero-order chi connectivity index (χ0) is 7.14. The normalized spacial score (nSPS) is 41.0. The molecule has 54 valence electrons. The Balaban J connectivity index is 1.90. The van der Waals surface area contributed by atoms with Gasteiger partial charge in [0.25, 0.3) is 0 Å². The van der Waals surface area contributed by atoms with Gasteiger partial charge in [-0.3, -0.25) is 0 Å². The van der Waals surface area contributed by atoms with E-state index in [0.29, 0.717) is 11.8 Å². The Morgan fingerprint density at radius 3 is 3.00 bits per heavy atom. The van der Waals surface area contributed by atoms with E-state index in [2.05, 4.69) is 17.5 Å². The fourth-order valence-corrected chi connectivity index (χ4v) is 1.71. The molecule has 2 aliphatic carbocycles. The number of carbonyl (C=O) groups is 1. The van der Waals surface area contributed by atoms with Gasteiger partial charge in [0.2, 0.25) is 0 Å². The Labute approximate surface area is 58.7 Å². The van der Waals surface area contributed by atoms with Gasteiger partial charge in [-0.05, 0) is 12.3 Å². The molecule has 2 N–H and O–H groups in total. The molecule has 1 fully saturated rings. The van der Waals surface area contributed by atoms with Crippen LogP contribution in [0.1, 0.15) is 6.42 Å². The predicted octanol–water partition coefficient (Wildman–Crippen LogP) is 0.828. The van der Waals surface area contributed by atoms with Gasteiger partial charge < -0.3 is 10.4 Å². The Morgan fingerprint density at radius 2 is 2.50 bits per heavy atom. The zero-order valence-corrected chi connectivity index (χ0v) is 5.45. The topological polar surface area (TPSA) is 49.3 Å². The quantitative estimate of drug-likeness (QED) is 0.528. The summed E-state index contributed by atoms with van der Waals surface area (Å²) in [5.74, 6) is 1.09. The fourth-order valence-electron chi connectivity index (χ4n) is 1.71. The molecular formula is C7H9NO2. The number of carboxylic acid groups (broad SMARTS) is 1. The number of fused-ring (bicyclic) bond motifs is 1. The summed E-state index contributed by atoms with van der Waals surface area (Å²) in [5.41, 5.74) is 0. The van der Waals surface area contributed by atoms with E-state index < -0.39 is 6.09 Å². The number of hydrogen-bond acceptors (Lipinski definition) is 1. The highest BCUT2D eigenvalue weighted by Crippen LogP contribution is 2.47. The van der Waals surface area contributed by atoms with Crippen LogP contribution in [-0.2, 0) is 0 Å². The molecular weight excluding hydrogens is 130 g/mol. The predicted molar refractivity (Wildman–Crippen MR) is 35.7 cm³/mol. The lowest BCUT2D eigenvalue weighted by Crippen LogP contribution is -2.25. The summed E-state index contributed by atoms with van der Waals surface area (Å²) in [6.45, 7) is 0. The molecule has 0 radical (unpaired) electrons. The number of allylic oxidation sites excluding steroid dienone is 1. The third-order valence-electron chi connectivity index (χ3n) is 2.29. The summed E-state index contributed by atoms with van der Waals surface area (Å²) in [6, 6.07) is 0.225. The highest BCUT2D eigenvalue weighted by Gasteiger charge is 2.50. The van der Waals surface area contributed by atoms with Gasteiger partial charge in [-0.25, -0.2) is 4.79 Å². The van der Waals surface area contributed by atoms with Crippen molar-refractivity contribution in [3.63, 3.8) is 0 Å². The molecule has 1 amide bonds. The number of nitrogens with one attached hydrogen (secondary N) is 1. The van der Waals surface area contributed by atoms with Crippen molar-refractivity contribution in [2.24, 2.45) is 11.8 Å². The number of amides is 1. The van der Waals surface area contributed by atoms with E-state index >= 15 is 0 Å². The molecule has 0 saturated heterocycles. The minimum Gasteiger partial charge on any atom is -0.465 e. The van der Waals surface area contributed by atoms with Gasteiger partial charge in [0.1, 0.15) is 0 Å². The van der Waals surface area contributed by atoms with Gasteiger partial charge >= 0.3 is 6.09 Å². The van der Waals surface area contributed by atoms with E-state index in [0.717, 1.165) is 6.42 Å². The Hall–Kier alpha value is -0.990. The van der Waals surface area contributed by atoms with Crippen LogP contribution < -0.4 is 5.32 Å². The first kappa shape index (κ1) is 5.77. The average Bonchev–Trinajstić information content (AvgIpc) is 2.40. The SMILES string of the molecule is O=C(O)NC1C2C=CCC21. The van der Waals surface area contributed by atoms with Crippen LogP contribution >= 0.6 is 0 Å². The average molecular weight is 139 g/mol. The molecule has 0 aliphatic heterocycles. The van der Waals surface area contributed by atoms with Crippen molar-refractivity contribution < 1.29 is 9.90 Å². The Bertz CT molecular complexity index is 200. The lowest BCUT2D eigenvalue weighted by Gasteiger charge is -1.97. The molecule has 0 aromatic heterocycles. The second-order valence-electron chi connectivity index (χ2n) is 2.88. The van der Waals surface area contributed by atoms with Crippen molar-refractivity contribution in [3.05, 3.63) is 12.2 Å². The minimum absolute atomic E-state index is 0.225. The first-order valence-electron chi connectivity index (χ1n) is 3.45. The van der Waals surface area contributed by atoms with E-state index in [4.69, 9.17) is 5.11 Å². The highest BCUT2D eigenvalue weighted by molar-refractivity contribution is 5.66. The molecule has 0 bridgehead atoms. The first-order valence-corrected chi connectivity index (χ1v) is 3.45. The summed E-state index contributed by atoms with van der Waals surface area (Å²) < 4.78 is 0. The van der Waals surface area contributed by atoms with Crippen molar-refractivity contribution in [2.45, 2.75) is 12.5 Å². The van der Waals surface area contributed by atoms with Crippen LogP contribution in [0.25, 0.3) is 0 Å².